The molecule has 2 N–H and O–H groups in total. The Bertz CT molecular complexity index is 1150. The lowest BCUT2D eigenvalue weighted by molar-refractivity contribution is -0.135. The van der Waals surface area contributed by atoms with Gasteiger partial charge in [-0.1, -0.05) is 22.0 Å². The van der Waals surface area contributed by atoms with E-state index in [1.165, 1.54) is 12.0 Å². The van der Waals surface area contributed by atoms with E-state index in [0.717, 1.165) is 15.6 Å². The predicted octanol–water partition coefficient (Wildman–Crippen LogP) is 4.61. The number of fused-ring (bicyclic) bond motifs is 1. The van der Waals surface area contributed by atoms with Crippen LogP contribution in [-0.4, -0.2) is 65.8 Å². The molecule has 4 rings (SSSR count). The van der Waals surface area contributed by atoms with Crippen LogP contribution in [0.25, 0.3) is 0 Å². The third-order valence-electron chi connectivity index (χ3n) is 6.13. The maximum Gasteiger partial charge on any atom is 0.410 e. The van der Waals surface area contributed by atoms with Gasteiger partial charge in [0, 0.05) is 36.0 Å². The molecule has 2 atom stereocenters. The Morgan fingerprint density at radius 1 is 1.00 bits per heavy atom. The fraction of sp³-hybridized carbons (Fsp3) is 0.423. The lowest BCUT2D eigenvalue weighted by atomic mass is 9.97. The zero-order chi connectivity index (χ0) is 26.0. The largest absolute Gasteiger partial charge is 0.444 e. The minimum absolute atomic E-state index is 0.315. The van der Waals surface area contributed by atoms with Crippen LogP contribution in [0, 0.1) is 0 Å². The average molecular weight is 559 g/mol. The maximum absolute atomic E-state index is 13.1. The molecule has 192 valence electrons. The van der Waals surface area contributed by atoms with E-state index < -0.39 is 11.6 Å². The summed E-state index contributed by atoms with van der Waals surface area (Å²) in [6, 6.07) is 11.8. The summed E-state index contributed by atoms with van der Waals surface area (Å²) in [7, 11) is 1.53. The SMILES string of the molecule is CO[C@H]1CN(C(=O)Nc2ccc(Br)cc2)C1C(=O)Nc1ccc2c(c1)CCN(C(=O)OC(C)(C)C)C2. The molecular weight excluding hydrogens is 528 g/mol. The Balaban J connectivity index is 1.39. The van der Waals surface area contributed by atoms with E-state index in [2.05, 4.69) is 26.6 Å². The molecule has 0 radical (unpaired) electrons. The molecule has 2 heterocycles. The molecule has 0 bridgehead atoms. The van der Waals surface area contributed by atoms with Gasteiger partial charge in [-0.15, -0.1) is 0 Å². The molecule has 2 aromatic carbocycles. The van der Waals surface area contributed by atoms with Crippen molar-refractivity contribution >= 4 is 45.3 Å². The Morgan fingerprint density at radius 3 is 2.36 bits per heavy atom. The summed E-state index contributed by atoms with van der Waals surface area (Å²) in [5, 5.41) is 5.75. The minimum atomic E-state index is -0.746. The number of rotatable bonds is 4. The van der Waals surface area contributed by atoms with Crippen molar-refractivity contribution in [3.05, 3.63) is 58.1 Å². The van der Waals surface area contributed by atoms with Crippen molar-refractivity contribution in [1.29, 1.82) is 0 Å². The van der Waals surface area contributed by atoms with Crippen LogP contribution in [0.15, 0.2) is 46.9 Å². The number of nitrogens with zero attached hydrogens (tertiary/aromatic N) is 2. The number of anilines is 2. The van der Waals surface area contributed by atoms with Gasteiger partial charge < -0.3 is 29.9 Å². The normalized spacial score (nSPS) is 19.1. The molecular formula is C26H31BrN4O5. The van der Waals surface area contributed by atoms with E-state index in [1.807, 2.05) is 51.1 Å². The fourth-order valence-electron chi connectivity index (χ4n) is 4.25. The van der Waals surface area contributed by atoms with Crippen LogP contribution in [-0.2, 0) is 27.2 Å². The van der Waals surface area contributed by atoms with Crippen molar-refractivity contribution in [3.63, 3.8) is 0 Å². The van der Waals surface area contributed by atoms with Crippen molar-refractivity contribution in [2.24, 2.45) is 0 Å². The monoisotopic (exact) mass is 558 g/mol. The lowest BCUT2D eigenvalue weighted by Crippen LogP contribution is -2.68. The topological polar surface area (TPSA) is 100 Å². The smallest absolute Gasteiger partial charge is 0.410 e. The van der Waals surface area contributed by atoms with Gasteiger partial charge in [0.05, 0.1) is 6.54 Å². The molecule has 0 saturated carbocycles. The summed E-state index contributed by atoms with van der Waals surface area (Å²) in [6.07, 6.45) is -0.0623. The van der Waals surface area contributed by atoms with Crippen molar-refractivity contribution in [2.45, 2.75) is 51.5 Å². The van der Waals surface area contributed by atoms with Gasteiger partial charge in [0.2, 0.25) is 5.91 Å². The van der Waals surface area contributed by atoms with Crippen LogP contribution in [0.3, 0.4) is 0 Å². The number of carbonyl (C=O) groups is 3. The number of halogens is 1. The molecule has 1 saturated heterocycles. The second-order valence-electron chi connectivity index (χ2n) is 9.93. The standard InChI is InChI=1S/C26H31BrN4O5/c1-26(2,3)36-25(34)30-12-11-16-13-20(8-5-17(16)14-30)28-23(32)22-21(35-4)15-31(22)24(33)29-19-9-6-18(27)7-10-19/h5-10,13,21-22H,11-12,14-15H2,1-4H3,(H,28,32)(H,29,33)/t21-,22?/m0/s1. The maximum atomic E-state index is 13.1. The predicted molar refractivity (Wildman–Crippen MR) is 140 cm³/mol. The third-order valence-corrected chi connectivity index (χ3v) is 6.66. The molecule has 1 unspecified atom stereocenters. The highest BCUT2D eigenvalue weighted by Crippen LogP contribution is 2.27. The lowest BCUT2D eigenvalue weighted by Gasteiger charge is -2.45. The first kappa shape index (κ1) is 26.0. The van der Waals surface area contributed by atoms with Crippen molar-refractivity contribution in [1.82, 2.24) is 9.80 Å². The number of amides is 4. The summed E-state index contributed by atoms with van der Waals surface area (Å²) < 4.78 is 11.8. The number of likely N-dealkylation sites (tertiary alicyclic amines) is 1. The van der Waals surface area contributed by atoms with Crippen molar-refractivity contribution in [2.75, 3.05) is 30.8 Å². The van der Waals surface area contributed by atoms with E-state index in [0.29, 0.717) is 37.4 Å². The summed E-state index contributed by atoms with van der Waals surface area (Å²) >= 11 is 3.37. The Morgan fingerprint density at radius 2 is 1.69 bits per heavy atom. The van der Waals surface area contributed by atoms with Crippen LogP contribution in [0.2, 0.25) is 0 Å². The van der Waals surface area contributed by atoms with Crippen LogP contribution < -0.4 is 10.6 Å². The number of hydrogen-bond acceptors (Lipinski definition) is 5. The van der Waals surface area contributed by atoms with Gasteiger partial charge in [0.1, 0.15) is 17.7 Å². The fourth-order valence-corrected chi connectivity index (χ4v) is 4.52. The first-order chi connectivity index (χ1) is 17.0. The summed E-state index contributed by atoms with van der Waals surface area (Å²) in [4.78, 5) is 41.5. The molecule has 36 heavy (non-hydrogen) atoms. The molecule has 0 aliphatic carbocycles. The number of methoxy groups -OCH3 is 1. The number of benzene rings is 2. The van der Waals surface area contributed by atoms with E-state index in [4.69, 9.17) is 9.47 Å². The molecule has 2 aliphatic heterocycles. The molecule has 0 spiro atoms. The van der Waals surface area contributed by atoms with E-state index >= 15 is 0 Å². The Hall–Kier alpha value is -3.11. The van der Waals surface area contributed by atoms with Crippen LogP contribution in [0.5, 0.6) is 0 Å². The third kappa shape index (κ3) is 5.99. The van der Waals surface area contributed by atoms with Crippen LogP contribution >= 0.6 is 15.9 Å². The number of carbonyl (C=O) groups excluding carboxylic acids is 3. The number of nitrogens with one attached hydrogen (secondary N) is 2. The van der Waals surface area contributed by atoms with Crippen molar-refractivity contribution in [3.8, 4) is 0 Å². The zero-order valence-electron chi connectivity index (χ0n) is 20.8. The highest BCUT2D eigenvalue weighted by Gasteiger charge is 2.47. The van der Waals surface area contributed by atoms with E-state index in [9.17, 15) is 14.4 Å². The molecule has 0 aromatic heterocycles. The molecule has 1 fully saturated rings. The van der Waals surface area contributed by atoms with E-state index in [1.54, 1.807) is 17.0 Å². The number of urea groups is 1. The number of ether oxygens (including phenoxy) is 2. The second kappa shape index (κ2) is 10.5. The van der Waals surface area contributed by atoms with Crippen LogP contribution in [0.1, 0.15) is 31.9 Å². The minimum Gasteiger partial charge on any atom is -0.444 e. The zero-order valence-corrected chi connectivity index (χ0v) is 22.4. The number of hydrogen-bond donors (Lipinski definition) is 2. The van der Waals surface area contributed by atoms with Gasteiger partial charge in [-0.25, -0.2) is 9.59 Å². The highest BCUT2D eigenvalue weighted by molar-refractivity contribution is 9.10. The summed E-state index contributed by atoms with van der Waals surface area (Å²) in [6.45, 7) is 6.86. The van der Waals surface area contributed by atoms with Gasteiger partial charge in [0.15, 0.2) is 0 Å². The van der Waals surface area contributed by atoms with Gasteiger partial charge >= 0.3 is 12.1 Å². The van der Waals surface area contributed by atoms with Crippen LogP contribution in [0.4, 0.5) is 21.0 Å². The molecule has 2 aliphatic rings. The van der Waals surface area contributed by atoms with Gasteiger partial charge in [-0.3, -0.25) is 4.79 Å². The average Bonchev–Trinajstić information content (AvgIpc) is 2.78. The van der Waals surface area contributed by atoms with Crippen molar-refractivity contribution < 1.29 is 23.9 Å². The first-order valence-electron chi connectivity index (χ1n) is 11.8. The Labute approximate surface area is 219 Å². The van der Waals surface area contributed by atoms with Gasteiger partial charge in [-0.2, -0.15) is 0 Å². The molecule has 4 amide bonds. The van der Waals surface area contributed by atoms with E-state index in [-0.39, 0.29) is 24.1 Å². The first-order valence-corrected chi connectivity index (χ1v) is 12.6. The van der Waals surface area contributed by atoms with Gasteiger partial charge in [0.25, 0.3) is 0 Å². The second-order valence-corrected chi connectivity index (χ2v) is 10.8. The summed E-state index contributed by atoms with van der Waals surface area (Å²) in [5.41, 5.74) is 2.81. The molecule has 2 aromatic rings. The highest BCUT2D eigenvalue weighted by atomic mass is 79.9. The molecule has 9 nitrogen and oxygen atoms in total. The Kier molecular flexibility index (Phi) is 7.56. The summed E-state index contributed by atoms with van der Waals surface area (Å²) in [5.74, 6) is -0.315. The quantitative estimate of drug-likeness (QED) is 0.570. The van der Waals surface area contributed by atoms with Gasteiger partial charge in [-0.05, 0) is 74.7 Å². The molecule has 10 heteroatoms.